The van der Waals surface area contributed by atoms with Crippen molar-refractivity contribution in [3.8, 4) is 0 Å². The Morgan fingerprint density at radius 2 is 1.39 bits per heavy atom. The average molecular weight is 429 g/mol. The third kappa shape index (κ3) is 8.64. The minimum atomic E-state index is 0.484. The summed E-state index contributed by atoms with van der Waals surface area (Å²) in [5.41, 5.74) is 5.98. The summed E-state index contributed by atoms with van der Waals surface area (Å²) in [6.45, 7) is 23.1. The summed E-state index contributed by atoms with van der Waals surface area (Å²) >= 11 is 0. The van der Waals surface area contributed by atoms with Gasteiger partial charge in [-0.3, -0.25) is 4.90 Å². The van der Waals surface area contributed by atoms with Crippen LogP contribution in [0.15, 0.2) is 29.8 Å². The van der Waals surface area contributed by atoms with E-state index in [0.717, 1.165) is 19.0 Å². The van der Waals surface area contributed by atoms with Crippen LogP contribution >= 0.6 is 0 Å². The maximum atomic E-state index is 2.54. The number of nitrogens with zero attached hydrogens (tertiary/aromatic N) is 2. The molecular formula is C29H52N2. The van der Waals surface area contributed by atoms with Crippen LogP contribution in [0.2, 0.25) is 0 Å². The highest BCUT2D eigenvalue weighted by molar-refractivity contribution is 5.61. The lowest BCUT2D eigenvalue weighted by Crippen LogP contribution is -2.38. The topological polar surface area (TPSA) is 6.48 Å². The maximum absolute atomic E-state index is 2.54. The van der Waals surface area contributed by atoms with Gasteiger partial charge in [0.1, 0.15) is 0 Å². The molecule has 0 bridgehead atoms. The molecule has 178 valence electrons. The Morgan fingerprint density at radius 1 is 0.839 bits per heavy atom. The number of para-hydroxylation sites is 1. The Bertz CT molecular complexity index is 643. The summed E-state index contributed by atoms with van der Waals surface area (Å²) in [6.07, 6.45) is 6.37. The lowest BCUT2D eigenvalue weighted by atomic mass is 9.92. The Balaban J connectivity index is 2.89. The summed E-state index contributed by atoms with van der Waals surface area (Å²) in [6, 6.07) is 7.34. The molecule has 0 radical (unpaired) electrons. The van der Waals surface area contributed by atoms with Gasteiger partial charge >= 0.3 is 0 Å². The third-order valence-corrected chi connectivity index (χ3v) is 6.69. The van der Waals surface area contributed by atoms with E-state index in [4.69, 9.17) is 0 Å². The molecule has 2 heteroatoms. The van der Waals surface area contributed by atoms with Gasteiger partial charge in [-0.25, -0.2) is 0 Å². The van der Waals surface area contributed by atoms with Crippen LogP contribution in [0.4, 0.5) is 5.69 Å². The molecule has 0 heterocycles. The highest BCUT2D eigenvalue weighted by atomic mass is 15.2. The van der Waals surface area contributed by atoms with Crippen LogP contribution in [0, 0.1) is 11.8 Å². The van der Waals surface area contributed by atoms with Crippen LogP contribution in [-0.4, -0.2) is 38.1 Å². The molecule has 0 amide bonds. The van der Waals surface area contributed by atoms with E-state index in [1.807, 2.05) is 0 Å². The van der Waals surface area contributed by atoms with Crippen molar-refractivity contribution < 1.29 is 0 Å². The monoisotopic (exact) mass is 428 g/mol. The van der Waals surface area contributed by atoms with Gasteiger partial charge < -0.3 is 4.90 Å². The van der Waals surface area contributed by atoms with Crippen LogP contribution < -0.4 is 4.90 Å². The van der Waals surface area contributed by atoms with Crippen LogP contribution in [-0.2, 0) is 0 Å². The summed E-state index contributed by atoms with van der Waals surface area (Å²) in [7, 11) is 4.57. The van der Waals surface area contributed by atoms with Gasteiger partial charge in [-0.15, -0.1) is 0 Å². The molecule has 1 aromatic carbocycles. The molecule has 1 rings (SSSR count). The second-order valence-corrected chi connectivity index (χ2v) is 10.9. The molecule has 0 saturated heterocycles. The minimum Gasteiger partial charge on any atom is -0.373 e. The number of hydrogen-bond acceptors (Lipinski definition) is 2. The maximum Gasteiger partial charge on any atom is 0.0434 e. The summed E-state index contributed by atoms with van der Waals surface area (Å²) < 4.78 is 0. The molecule has 0 aromatic heterocycles. The van der Waals surface area contributed by atoms with Crippen molar-refractivity contribution >= 4 is 5.69 Å². The predicted molar refractivity (Wildman–Crippen MR) is 142 cm³/mol. The predicted octanol–water partition coefficient (Wildman–Crippen LogP) is 8.10. The van der Waals surface area contributed by atoms with Gasteiger partial charge in [0, 0.05) is 31.9 Å². The smallest absolute Gasteiger partial charge is 0.0434 e. The van der Waals surface area contributed by atoms with E-state index < -0.39 is 0 Å². The second-order valence-electron chi connectivity index (χ2n) is 10.9. The van der Waals surface area contributed by atoms with E-state index in [1.54, 1.807) is 5.57 Å². The van der Waals surface area contributed by atoms with Crippen molar-refractivity contribution in [2.45, 2.75) is 99.5 Å². The van der Waals surface area contributed by atoms with Crippen molar-refractivity contribution in [2.75, 3.05) is 32.1 Å². The van der Waals surface area contributed by atoms with Gasteiger partial charge in [0.05, 0.1) is 0 Å². The summed E-state index contributed by atoms with van der Waals surface area (Å²) in [5.74, 6) is 2.47. The molecule has 1 atom stereocenters. The second kappa shape index (κ2) is 13.3. The zero-order valence-corrected chi connectivity index (χ0v) is 22.6. The van der Waals surface area contributed by atoms with Gasteiger partial charge in [-0.2, -0.15) is 0 Å². The molecule has 1 unspecified atom stereocenters. The number of hydrogen-bond donors (Lipinski definition) is 0. The van der Waals surface area contributed by atoms with Crippen LogP contribution in [0.5, 0.6) is 0 Å². The molecule has 0 aliphatic carbocycles. The highest BCUT2D eigenvalue weighted by Gasteiger charge is 2.20. The van der Waals surface area contributed by atoms with E-state index in [9.17, 15) is 0 Å². The molecule has 0 saturated carbocycles. The zero-order valence-electron chi connectivity index (χ0n) is 22.6. The lowest BCUT2D eigenvalue weighted by molar-refractivity contribution is 0.281. The van der Waals surface area contributed by atoms with Gasteiger partial charge in [-0.05, 0) is 61.6 Å². The van der Waals surface area contributed by atoms with Gasteiger partial charge in [0.15, 0.2) is 0 Å². The molecule has 2 nitrogen and oxygen atoms in total. The SMILES string of the molecule is CC(C)CCC/C=C(/C(C)C)C(C)N(C)CCN(C)c1c(C(C)C)cccc1C(C)C. The number of rotatable bonds is 13. The molecule has 0 aliphatic rings. The van der Waals surface area contributed by atoms with E-state index >= 15 is 0 Å². The Hall–Kier alpha value is -1.28. The van der Waals surface area contributed by atoms with Gasteiger partial charge in [-0.1, -0.05) is 91.7 Å². The fourth-order valence-corrected chi connectivity index (χ4v) is 4.50. The van der Waals surface area contributed by atoms with Crippen molar-refractivity contribution in [2.24, 2.45) is 11.8 Å². The van der Waals surface area contributed by atoms with E-state index in [0.29, 0.717) is 23.8 Å². The first-order valence-electron chi connectivity index (χ1n) is 12.7. The number of likely N-dealkylation sites (N-methyl/N-ethyl adjacent to an activating group) is 2. The molecule has 0 aliphatic heterocycles. The van der Waals surface area contributed by atoms with Crippen molar-refractivity contribution in [3.05, 3.63) is 41.0 Å². The quantitative estimate of drug-likeness (QED) is 0.231. The lowest BCUT2D eigenvalue weighted by Gasteiger charge is -2.33. The first kappa shape index (κ1) is 27.8. The van der Waals surface area contributed by atoms with Crippen LogP contribution in [0.3, 0.4) is 0 Å². The summed E-state index contributed by atoms with van der Waals surface area (Å²) in [4.78, 5) is 5.03. The Kier molecular flexibility index (Phi) is 11.9. The normalized spacial score (nSPS) is 13.9. The van der Waals surface area contributed by atoms with Crippen molar-refractivity contribution in [3.63, 3.8) is 0 Å². The Morgan fingerprint density at radius 3 is 1.84 bits per heavy atom. The molecule has 0 spiro atoms. The average Bonchev–Trinajstić information content (AvgIpc) is 2.69. The minimum absolute atomic E-state index is 0.484. The first-order valence-corrected chi connectivity index (χ1v) is 12.7. The fourth-order valence-electron chi connectivity index (χ4n) is 4.50. The van der Waals surface area contributed by atoms with Crippen molar-refractivity contribution in [1.82, 2.24) is 4.90 Å². The number of anilines is 1. The van der Waals surface area contributed by atoms with E-state index in [-0.39, 0.29) is 0 Å². The van der Waals surface area contributed by atoms with E-state index in [1.165, 1.54) is 36.1 Å². The molecule has 0 fully saturated rings. The Labute approximate surface area is 195 Å². The zero-order chi connectivity index (χ0) is 23.7. The highest BCUT2D eigenvalue weighted by Crippen LogP contribution is 2.34. The van der Waals surface area contributed by atoms with Crippen molar-refractivity contribution in [1.29, 1.82) is 0 Å². The number of allylic oxidation sites excluding steroid dienone is 1. The third-order valence-electron chi connectivity index (χ3n) is 6.69. The molecule has 31 heavy (non-hydrogen) atoms. The van der Waals surface area contributed by atoms with Gasteiger partial charge in [0.2, 0.25) is 0 Å². The van der Waals surface area contributed by atoms with Gasteiger partial charge in [0.25, 0.3) is 0 Å². The molecule has 1 aromatic rings. The van der Waals surface area contributed by atoms with Crippen LogP contribution in [0.25, 0.3) is 0 Å². The molecule has 0 N–H and O–H groups in total. The largest absolute Gasteiger partial charge is 0.373 e. The number of benzene rings is 1. The van der Waals surface area contributed by atoms with Crippen LogP contribution in [0.1, 0.15) is 105 Å². The first-order chi connectivity index (χ1) is 14.5. The standard InChI is InChI=1S/C29H52N2/c1-21(2)15-12-13-16-26(22(3)4)25(9)30(10)19-20-31(11)29-27(23(5)6)17-14-18-28(29)24(7)8/h14,16-18,21-25H,12-13,15,19-20H2,1-11H3/b26-16-. The number of unbranched alkanes of at least 4 members (excludes halogenated alkanes) is 1. The van der Waals surface area contributed by atoms with E-state index in [2.05, 4.69) is 110 Å². The summed E-state index contributed by atoms with van der Waals surface area (Å²) in [5, 5.41) is 0. The molecular weight excluding hydrogens is 376 g/mol. The fraction of sp³-hybridized carbons (Fsp3) is 0.724.